The van der Waals surface area contributed by atoms with Crippen LogP contribution in [0.5, 0.6) is 0 Å². The van der Waals surface area contributed by atoms with Crippen molar-refractivity contribution in [3.05, 3.63) is 29.8 Å². The average Bonchev–Trinajstić information content (AvgIpc) is 2.57. The molecular weight excluding hydrogens is 306 g/mol. The fourth-order valence-electron chi connectivity index (χ4n) is 2.70. The van der Waals surface area contributed by atoms with Gasteiger partial charge in [-0.25, -0.2) is 4.79 Å². The second-order valence-corrected chi connectivity index (χ2v) is 7.21. The molecule has 0 spiro atoms. The van der Waals surface area contributed by atoms with E-state index in [1.54, 1.807) is 0 Å². The first-order valence-electron chi connectivity index (χ1n) is 8.72. The summed E-state index contributed by atoms with van der Waals surface area (Å²) >= 11 is 2.02. The van der Waals surface area contributed by atoms with Crippen molar-refractivity contribution in [3.63, 3.8) is 0 Å². The Morgan fingerprint density at radius 1 is 1.17 bits per heavy atom. The molecule has 0 unspecified atom stereocenters. The first kappa shape index (κ1) is 18.1. The number of hydrogen-bond acceptors (Lipinski definition) is 3. The van der Waals surface area contributed by atoms with Crippen LogP contribution in [0.2, 0.25) is 0 Å². The Labute approximate surface area is 144 Å². The van der Waals surface area contributed by atoms with E-state index in [9.17, 15) is 4.79 Å². The molecule has 2 rings (SSSR count). The van der Waals surface area contributed by atoms with Crippen molar-refractivity contribution < 1.29 is 4.79 Å². The number of amides is 2. The lowest BCUT2D eigenvalue weighted by molar-refractivity contribution is 0.251. The molecule has 4 nitrogen and oxygen atoms in total. The maximum Gasteiger partial charge on any atom is 0.319 e. The summed E-state index contributed by atoms with van der Waals surface area (Å²) in [4.78, 5) is 14.5. The molecule has 0 saturated carbocycles. The lowest BCUT2D eigenvalue weighted by atomic mass is 10.1. The van der Waals surface area contributed by atoms with Gasteiger partial charge in [0.05, 0.1) is 0 Å². The number of thioether (sulfide) groups is 1. The molecule has 1 fully saturated rings. The smallest absolute Gasteiger partial charge is 0.319 e. The van der Waals surface area contributed by atoms with Gasteiger partial charge in [-0.05, 0) is 18.1 Å². The number of carbonyl (C=O) groups excluding carboxylic acids is 1. The van der Waals surface area contributed by atoms with E-state index in [2.05, 4.69) is 28.5 Å². The van der Waals surface area contributed by atoms with Gasteiger partial charge in [0, 0.05) is 43.4 Å². The highest BCUT2D eigenvalue weighted by Crippen LogP contribution is 2.19. The topological polar surface area (TPSA) is 44.4 Å². The summed E-state index contributed by atoms with van der Waals surface area (Å²) in [5.41, 5.74) is 2.12. The van der Waals surface area contributed by atoms with Crippen molar-refractivity contribution in [3.8, 4) is 0 Å². The summed E-state index contributed by atoms with van der Waals surface area (Å²) in [7, 11) is 0. The minimum absolute atomic E-state index is 0.0943. The number of anilines is 1. The van der Waals surface area contributed by atoms with Crippen LogP contribution in [-0.2, 0) is 6.54 Å². The molecule has 0 atom stereocenters. The molecule has 5 heteroatoms. The summed E-state index contributed by atoms with van der Waals surface area (Å²) in [6.45, 7) is 6.11. The number of nitrogens with one attached hydrogen (secondary N) is 2. The van der Waals surface area contributed by atoms with Gasteiger partial charge in [-0.3, -0.25) is 4.90 Å². The molecule has 1 aliphatic heterocycles. The average molecular weight is 336 g/mol. The fourth-order valence-corrected chi connectivity index (χ4v) is 3.68. The fraction of sp³-hybridized carbons (Fsp3) is 0.611. The van der Waals surface area contributed by atoms with Crippen LogP contribution >= 0.6 is 11.8 Å². The Morgan fingerprint density at radius 3 is 2.74 bits per heavy atom. The minimum Gasteiger partial charge on any atom is -0.338 e. The zero-order chi connectivity index (χ0) is 16.3. The summed E-state index contributed by atoms with van der Waals surface area (Å²) in [5, 5.41) is 5.96. The van der Waals surface area contributed by atoms with E-state index < -0.39 is 0 Å². The highest BCUT2D eigenvalue weighted by molar-refractivity contribution is 7.99. The van der Waals surface area contributed by atoms with Gasteiger partial charge in [0.1, 0.15) is 0 Å². The van der Waals surface area contributed by atoms with E-state index in [0.29, 0.717) is 0 Å². The zero-order valence-corrected chi connectivity index (χ0v) is 15.0. The zero-order valence-electron chi connectivity index (χ0n) is 14.1. The molecule has 0 radical (unpaired) electrons. The summed E-state index contributed by atoms with van der Waals surface area (Å²) in [6.07, 6.45) is 4.68. The number of carbonyl (C=O) groups is 1. The van der Waals surface area contributed by atoms with E-state index in [0.717, 1.165) is 38.3 Å². The third-order valence-electron chi connectivity index (χ3n) is 4.08. The van der Waals surface area contributed by atoms with E-state index in [1.807, 2.05) is 30.0 Å². The van der Waals surface area contributed by atoms with Gasteiger partial charge in [0.25, 0.3) is 0 Å². The first-order chi connectivity index (χ1) is 11.3. The van der Waals surface area contributed by atoms with Crippen LogP contribution in [0.3, 0.4) is 0 Å². The molecule has 0 aliphatic carbocycles. The number of unbranched alkanes of at least 4 members (excludes halogenated alkanes) is 3. The summed E-state index contributed by atoms with van der Waals surface area (Å²) in [5.74, 6) is 2.40. The molecule has 1 aliphatic rings. The Hall–Kier alpha value is -1.20. The third kappa shape index (κ3) is 6.83. The molecule has 2 N–H and O–H groups in total. The first-order valence-corrected chi connectivity index (χ1v) is 9.88. The van der Waals surface area contributed by atoms with E-state index in [1.165, 1.54) is 36.3 Å². The van der Waals surface area contributed by atoms with Crippen LogP contribution in [0.15, 0.2) is 24.3 Å². The summed E-state index contributed by atoms with van der Waals surface area (Å²) < 4.78 is 0. The number of nitrogens with zero attached hydrogens (tertiary/aromatic N) is 1. The third-order valence-corrected chi connectivity index (χ3v) is 5.02. The molecule has 1 saturated heterocycles. The van der Waals surface area contributed by atoms with Gasteiger partial charge in [-0.1, -0.05) is 44.4 Å². The predicted octanol–water partition coefficient (Wildman–Crippen LogP) is 3.94. The number of urea groups is 1. The molecule has 23 heavy (non-hydrogen) atoms. The van der Waals surface area contributed by atoms with Gasteiger partial charge < -0.3 is 10.6 Å². The molecule has 1 aromatic carbocycles. The van der Waals surface area contributed by atoms with Crippen molar-refractivity contribution in [2.24, 2.45) is 0 Å². The quantitative estimate of drug-likeness (QED) is 0.707. The van der Waals surface area contributed by atoms with Gasteiger partial charge in [-0.2, -0.15) is 11.8 Å². The highest BCUT2D eigenvalue weighted by Gasteiger charge is 2.13. The molecule has 2 amide bonds. The largest absolute Gasteiger partial charge is 0.338 e. The number of hydrogen-bond donors (Lipinski definition) is 2. The Kier molecular flexibility index (Phi) is 8.32. The Bertz CT molecular complexity index is 475. The number of para-hydroxylation sites is 1. The van der Waals surface area contributed by atoms with Gasteiger partial charge >= 0.3 is 6.03 Å². The molecular formula is C18H29N3OS. The normalized spacial score (nSPS) is 15.3. The summed E-state index contributed by atoms with van der Waals surface area (Å²) in [6, 6.07) is 8.03. The Balaban J connectivity index is 1.80. The van der Waals surface area contributed by atoms with Crippen molar-refractivity contribution >= 4 is 23.5 Å². The van der Waals surface area contributed by atoms with Gasteiger partial charge in [0.15, 0.2) is 0 Å². The van der Waals surface area contributed by atoms with Crippen LogP contribution in [0.1, 0.15) is 38.2 Å². The molecule has 0 aromatic heterocycles. The van der Waals surface area contributed by atoms with Crippen LogP contribution in [-0.4, -0.2) is 42.1 Å². The van der Waals surface area contributed by atoms with Gasteiger partial charge in [-0.15, -0.1) is 0 Å². The predicted molar refractivity (Wildman–Crippen MR) is 100 cm³/mol. The van der Waals surface area contributed by atoms with E-state index in [-0.39, 0.29) is 6.03 Å². The standard InChI is InChI=1S/C18H29N3OS/c1-2-3-4-7-10-19-18(22)20-17-9-6-5-8-16(17)15-21-11-13-23-14-12-21/h5-6,8-9H,2-4,7,10-15H2,1H3,(H2,19,20,22). The second-order valence-electron chi connectivity index (χ2n) is 5.99. The maximum atomic E-state index is 12.1. The van der Waals surface area contributed by atoms with Crippen molar-refractivity contribution in [2.75, 3.05) is 36.5 Å². The van der Waals surface area contributed by atoms with Crippen LogP contribution < -0.4 is 10.6 Å². The highest BCUT2D eigenvalue weighted by atomic mass is 32.2. The second kappa shape index (κ2) is 10.6. The lowest BCUT2D eigenvalue weighted by Gasteiger charge is -2.27. The number of benzene rings is 1. The molecule has 1 aromatic rings. The molecule has 128 valence electrons. The monoisotopic (exact) mass is 335 g/mol. The number of rotatable bonds is 8. The van der Waals surface area contributed by atoms with E-state index >= 15 is 0 Å². The molecule has 1 heterocycles. The van der Waals surface area contributed by atoms with Crippen LogP contribution in [0, 0.1) is 0 Å². The minimum atomic E-state index is -0.0943. The van der Waals surface area contributed by atoms with Crippen molar-refractivity contribution in [2.45, 2.75) is 39.2 Å². The maximum absolute atomic E-state index is 12.1. The Morgan fingerprint density at radius 2 is 1.96 bits per heavy atom. The SMILES string of the molecule is CCCCCCNC(=O)Nc1ccccc1CN1CCSCC1. The lowest BCUT2D eigenvalue weighted by Crippen LogP contribution is -2.33. The van der Waals surface area contributed by atoms with Crippen molar-refractivity contribution in [1.29, 1.82) is 0 Å². The molecule has 0 bridgehead atoms. The van der Waals surface area contributed by atoms with Crippen LogP contribution in [0.4, 0.5) is 10.5 Å². The van der Waals surface area contributed by atoms with Crippen molar-refractivity contribution in [1.82, 2.24) is 10.2 Å². The van der Waals surface area contributed by atoms with Crippen LogP contribution in [0.25, 0.3) is 0 Å². The van der Waals surface area contributed by atoms with E-state index in [4.69, 9.17) is 0 Å². The van der Waals surface area contributed by atoms with Gasteiger partial charge in [0.2, 0.25) is 0 Å².